The van der Waals surface area contributed by atoms with Crippen LogP contribution in [0.3, 0.4) is 0 Å². The Hall–Kier alpha value is -0.855. The SMILES string of the molecule is Bc1ccc(C2CCC(C3CCCCC3)CC2)c(F)c1F. The van der Waals surface area contributed by atoms with E-state index in [0.717, 1.165) is 24.7 Å². The third-order valence-electron chi connectivity index (χ3n) is 5.83. The first-order valence-corrected chi connectivity index (χ1v) is 8.61. The van der Waals surface area contributed by atoms with E-state index in [-0.39, 0.29) is 5.92 Å². The van der Waals surface area contributed by atoms with Crippen LogP contribution in [0.15, 0.2) is 12.1 Å². The lowest BCUT2D eigenvalue weighted by Gasteiger charge is -2.36. The molecule has 114 valence electrons. The summed E-state index contributed by atoms with van der Waals surface area (Å²) >= 11 is 0. The second-order valence-corrected chi connectivity index (χ2v) is 7.11. The Morgan fingerprint density at radius 3 is 2.05 bits per heavy atom. The lowest BCUT2D eigenvalue weighted by molar-refractivity contribution is 0.185. The summed E-state index contributed by atoms with van der Waals surface area (Å²) in [5.74, 6) is 0.706. The van der Waals surface area contributed by atoms with Crippen LogP contribution >= 0.6 is 0 Å². The zero-order chi connectivity index (χ0) is 14.8. The van der Waals surface area contributed by atoms with Gasteiger partial charge in [-0.25, -0.2) is 8.78 Å². The molecule has 2 fully saturated rings. The molecule has 2 saturated carbocycles. The molecule has 0 spiro atoms. The van der Waals surface area contributed by atoms with Crippen LogP contribution in [-0.2, 0) is 0 Å². The highest BCUT2D eigenvalue weighted by Crippen LogP contribution is 2.43. The Balaban J connectivity index is 1.64. The van der Waals surface area contributed by atoms with Gasteiger partial charge in [-0.15, -0.1) is 0 Å². The number of rotatable bonds is 2. The minimum atomic E-state index is -0.651. The van der Waals surface area contributed by atoms with Gasteiger partial charge in [-0.3, -0.25) is 0 Å². The summed E-state index contributed by atoms with van der Waals surface area (Å²) < 4.78 is 27.9. The molecule has 0 aliphatic heterocycles. The van der Waals surface area contributed by atoms with Crippen molar-refractivity contribution in [3.8, 4) is 0 Å². The largest absolute Gasteiger partial charge is 0.204 e. The molecule has 0 N–H and O–H groups in total. The van der Waals surface area contributed by atoms with Gasteiger partial charge in [0.15, 0.2) is 11.6 Å². The molecule has 0 bridgehead atoms. The highest BCUT2D eigenvalue weighted by atomic mass is 19.2. The van der Waals surface area contributed by atoms with Gasteiger partial charge in [-0.2, -0.15) is 0 Å². The lowest BCUT2D eigenvalue weighted by Crippen LogP contribution is -2.24. The van der Waals surface area contributed by atoms with Crippen molar-refractivity contribution in [2.45, 2.75) is 63.7 Å². The summed E-state index contributed by atoms with van der Waals surface area (Å²) in [5, 5.41) is 0. The van der Waals surface area contributed by atoms with Gasteiger partial charge in [0.05, 0.1) is 0 Å². The van der Waals surface area contributed by atoms with Gasteiger partial charge in [0.2, 0.25) is 0 Å². The van der Waals surface area contributed by atoms with E-state index in [4.69, 9.17) is 0 Å². The molecule has 0 saturated heterocycles. The first kappa shape index (κ1) is 15.1. The molecule has 3 heteroatoms. The lowest BCUT2D eigenvalue weighted by atomic mass is 9.69. The van der Waals surface area contributed by atoms with Gasteiger partial charge >= 0.3 is 0 Å². The number of halogens is 2. The Kier molecular flexibility index (Phi) is 4.66. The van der Waals surface area contributed by atoms with Crippen LogP contribution in [0.5, 0.6) is 0 Å². The predicted molar refractivity (Wildman–Crippen MR) is 85.8 cm³/mol. The first-order valence-electron chi connectivity index (χ1n) is 8.61. The molecule has 2 aliphatic carbocycles. The molecule has 1 aromatic carbocycles. The van der Waals surface area contributed by atoms with Crippen molar-refractivity contribution in [2.24, 2.45) is 11.8 Å². The maximum atomic E-state index is 14.1. The van der Waals surface area contributed by atoms with Crippen molar-refractivity contribution in [2.75, 3.05) is 0 Å². The van der Waals surface area contributed by atoms with Gasteiger partial charge in [0.25, 0.3) is 0 Å². The summed E-state index contributed by atoms with van der Waals surface area (Å²) in [6.07, 6.45) is 11.4. The normalized spacial score (nSPS) is 27.7. The maximum absolute atomic E-state index is 14.1. The second kappa shape index (κ2) is 6.50. The third-order valence-corrected chi connectivity index (χ3v) is 5.83. The van der Waals surface area contributed by atoms with Crippen LogP contribution in [0.25, 0.3) is 0 Å². The first-order chi connectivity index (χ1) is 10.2. The molecule has 0 radical (unpaired) electrons. The smallest absolute Gasteiger partial charge is 0.161 e. The molecule has 0 unspecified atom stereocenters. The van der Waals surface area contributed by atoms with E-state index >= 15 is 0 Å². The second-order valence-electron chi connectivity index (χ2n) is 7.11. The van der Waals surface area contributed by atoms with Crippen molar-refractivity contribution in [3.05, 3.63) is 29.3 Å². The Morgan fingerprint density at radius 1 is 0.762 bits per heavy atom. The fourth-order valence-electron chi connectivity index (χ4n) is 4.48. The van der Waals surface area contributed by atoms with E-state index in [9.17, 15) is 8.78 Å². The molecule has 0 nitrogen and oxygen atoms in total. The fraction of sp³-hybridized carbons (Fsp3) is 0.667. The van der Waals surface area contributed by atoms with Crippen molar-refractivity contribution in [1.82, 2.24) is 0 Å². The number of benzene rings is 1. The highest BCUT2D eigenvalue weighted by molar-refractivity contribution is 6.32. The Morgan fingerprint density at radius 2 is 1.38 bits per heavy atom. The summed E-state index contributed by atoms with van der Waals surface area (Å²) in [5.41, 5.74) is 1.02. The summed E-state index contributed by atoms with van der Waals surface area (Å²) in [6.45, 7) is 0. The molecular weight excluding hydrogens is 265 g/mol. The third kappa shape index (κ3) is 3.17. The van der Waals surface area contributed by atoms with Crippen LogP contribution in [0, 0.1) is 23.5 Å². The zero-order valence-corrected chi connectivity index (χ0v) is 13.0. The fourth-order valence-corrected chi connectivity index (χ4v) is 4.48. The minimum Gasteiger partial charge on any atom is -0.204 e. The average molecular weight is 290 g/mol. The predicted octanol–water partition coefficient (Wildman–Crippen LogP) is 4.08. The van der Waals surface area contributed by atoms with Gasteiger partial charge < -0.3 is 0 Å². The van der Waals surface area contributed by atoms with Crippen molar-refractivity contribution in [3.63, 3.8) is 0 Å². The quantitative estimate of drug-likeness (QED) is 0.720. The number of hydrogen-bond acceptors (Lipinski definition) is 0. The van der Waals surface area contributed by atoms with Gasteiger partial charge in [0.1, 0.15) is 7.85 Å². The van der Waals surface area contributed by atoms with Crippen molar-refractivity contribution < 1.29 is 8.78 Å². The molecule has 2 aliphatic rings. The van der Waals surface area contributed by atoms with Crippen molar-refractivity contribution in [1.29, 1.82) is 0 Å². The molecule has 0 atom stereocenters. The van der Waals surface area contributed by atoms with Crippen LogP contribution in [0.1, 0.15) is 69.3 Å². The molecule has 0 aromatic heterocycles. The summed E-state index contributed by atoms with van der Waals surface area (Å²) in [7, 11) is 1.63. The van der Waals surface area contributed by atoms with E-state index in [1.807, 2.05) is 0 Å². The summed E-state index contributed by atoms with van der Waals surface area (Å²) in [6, 6.07) is 3.53. The van der Waals surface area contributed by atoms with Gasteiger partial charge in [-0.05, 0) is 49.0 Å². The molecule has 21 heavy (non-hydrogen) atoms. The molecule has 0 heterocycles. The minimum absolute atomic E-state index is 0.222. The maximum Gasteiger partial charge on any atom is 0.161 e. The van der Waals surface area contributed by atoms with Crippen LogP contribution in [0.4, 0.5) is 8.78 Å². The highest BCUT2D eigenvalue weighted by Gasteiger charge is 2.30. The molecular formula is C18H25BF2. The number of hydrogen-bond donors (Lipinski definition) is 0. The van der Waals surface area contributed by atoms with E-state index < -0.39 is 11.6 Å². The summed E-state index contributed by atoms with van der Waals surface area (Å²) in [4.78, 5) is 0. The standard InChI is InChI=1S/C18H25BF2/c19-16-11-10-15(17(20)18(16)21)14-8-6-13(7-9-14)12-4-2-1-3-5-12/h10-14H,1-9,19H2. The average Bonchev–Trinajstić information content (AvgIpc) is 2.54. The van der Waals surface area contributed by atoms with Crippen molar-refractivity contribution >= 4 is 13.3 Å². The molecule has 0 amide bonds. The van der Waals surface area contributed by atoms with Crippen LogP contribution in [-0.4, -0.2) is 7.85 Å². The van der Waals surface area contributed by atoms with Gasteiger partial charge in [0, 0.05) is 0 Å². The van der Waals surface area contributed by atoms with E-state index in [1.54, 1.807) is 20.0 Å². The molecule has 3 rings (SSSR count). The Labute approximate surface area is 127 Å². The Bertz CT molecular complexity index is 486. The van der Waals surface area contributed by atoms with Gasteiger partial charge in [-0.1, -0.05) is 49.7 Å². The molecule has 1 aromatic rings. The van der Waals surface area contributed by atoms with Crippen LogP contribution in [0.2, 0.25) is 0 Å². The topological polar surface area (TPSA) is 0 Å². The van der Waals surface area contributed by atoms with Crippen LogP contribution < -0.4 is 5.46 Å². The zero-order valence-electron chi connectivity index (χ0n) is 13.0. The van der Waals surface area contributed by atoms with E-state index in [1.165, 1.54) is 44.9 Å². The van der Waals surface area contributed by atoms with E-state index in [0.29, 0.717) is 11.0 Å². The monoisotopic (exact) mass is 290 g/mol. The van der Waals surface area contributed by atoms with E-state index in [2.05, 4.69) is 0 Å².